The minimum absolute atomic E-state index is 0.141. The van der Waals surface area contributed by atoms with Crippen molar-refractivity contribution in [1.82, 2.24) is 4.72 Å². The first-order valence-electron chi connectivity index (χ1n) is 8.43. The van der Waals surface area contributed by atoms with Gasteiger partial charge in [-0.3, -0.25) is 4.79 Å². The standard InChI is InChI=1S/C18H21ClN2O3S2/c1-12(2)9-17(22)21-8-7-14-10-13(3-4-15(14)21)11-20-26(23,24)18-6-5-16(19)25-18/h3-6,10,12,20H,7-9,11H2,1-2H3. The number of nitrogens with zero attached hydrogens (tertiary/aromatic N) is 1. The zero-order valence-electron chi connectivity index (χ0n) is 14.7. The highest BCUT2D eigenvalue weighted by molar-refractivity contribution is 7.91. The van der Waals surface area contributed by atoms with Crippen LogP contribution in [0.2, 0.25) is 4.34 Å². The Morgan fingerprint density at radius 1 is 1.31 bits per heavy atom. The average Bonchev–Trinajstić information content (AvgIpc) is 3.18. The van der Waals surface area contributed by atoms with Crippen LogP contribution in [-0.4, -0.2) is 20.9 Å². The molecule has 5 nitrogen and oxygen atoms in total. The van der Waals surface area contributed by atoms with Crippen molar-refractivity contribution < 1.29 is 13.2 Å². The molecule has 0 spiro atoms. The molecule has 1 aliphatic rings. The van der Waals surface area contributed by atoms with Gasteiger partial charge in [0, 0.05) is 25.2 Å². The van der Waals surface area contributed by atoms with Crippen LogP contribution in [0, 0.1) is 5.92 Å². The van der Waals surface area contributed by atoms with Crippen LogP contribution < -0.4 is 9.62 Å². The molecule has 2 aromatic rings. The van der Waals surface area contributed by atoms with Crippen LogP contribution in [0.25, 0.3) is 0 Å². The summed E-state index contributed by atoms with van der Waals surface area (Å²) >= 11 is 6.84. The van der Waals surface area contributed by atoms with Gasteiger partial charge in [0.25, 0.3) is 0 Å². The van der Waals surface area contributed by atoms with Crippen LogP contribution in [-0.2, 0) is 27.8 Å². The zero-order chi connectivity index (χ0) is 18.9. The van der Waals surface area contributed by atoms with Crippen LogP contribution in [0.15, 0.2) is 34.5 Å². The van der Waals surface area contributed by atoms with Gasteiger partial charge in [-0.05, 0) is 41.7 Å². The lowest BCUT2D eigenvalue weighted by Gasteiger charge is -2.18. The molecule has 26 heavy (non-hydrogen) atoms. The Balaban J connectivity index is 1.69. The molecule has 0 unspecified atom stereocenters. The predicted octanol–water partition coefficient (Wildman–Crippen LogP) is 3.82. The Morgan fingerprint density at radius 2 is 2.08 bits per heavy atom. The van der Waals surface area contributed by atoms with Gasteiger partial charge in [-0.25, -0.2) is 13.1 Å². The molecule has 0 saturated carbocycles. The van der Waals surface area contributed by atoms with E-state index in [1.54, 1.807) is 6.07 Å². The van der Waals surface area contributed by atoms with Gasteiger partial charge >= 0.3 is 0 Å². The van der Waals surface area contributed by atoms with E-state index in [0.29, 0.717) is 23.2 Å². The van der Waals surface area contributed by atoms with Gasteiger partial charge in [0.2, 0.25) is 15.9 Å². The van der Waals surface area contributed by atoms with E-state index in [1.165, 1.54) is 6.07 Å². The summed E-state index contributed by atoms with van der Waals surface area (Å²) in [5.41, 5.74) is 2.89. The lowest BCUT2D eigenvalue weighted by molar-refractivity contribution is -0.119. The van der Waals surface area contributed by atoms with Crippen molar-refractivity contribution in [3.63, 3.8) is 0 Å². The Hall–Kier alpha value is -1.41. The van der Waals surface area contributed by atoms with Crippen LogP contribution in [0.1, 0.15) is 31.4 Å². The summed E-state index contributed by atoms with van der Waals surface area (Å²) in [6.07, 6.45) is 1.32. The van der Waals surface area contributed by atoms with Crippen LogP contribution in [0.5, 0.6) is 0 Å². The van der Waals surface area contributed by atoms with Crippen molar-refractivity contribution in [2.45, 2.75) is 37.4 Å². The maximum Gasteiger partial charge on any atom is 0.250 e. The van der Waals surface area contributed by atoms with E-state index in [-0.39, 0.29) is 16.7 Å². The molecule has 0 atom stereocenters. The minimum Gasteiger partial charge on any atom is -0.312 e. The summed E-state index contributed by atoms with van der Waals surface area (Å²) in [7, 11) is -3.57. The van der Waals surface area contributed by atoms with E-state index in [4.69, 9.17) is 11.6 Å². The third-order valence-electron chi connectivity index (χ3n) is 4.20. The summed E-state index contributed by atoms with van der Waals surface area (Å²) in [6.45, 7) is 4.95. The number of carbonyl (C=O) groups excluding carboxylic acids is 1. The van der Waals surface area contributed by atoms with Gasteiger partial charge < -0.3 is 4.90 Å². The van der Waals surface area contributed by atoms with Gasteiger partial charge in [-0.1, -0.05) is 37.6 Å². The first kappa shape index (κ1) is 19.4. The summed E-state index contributed by atoms with van der Waals surface area (Å²) in [5.74, 6) is 0.466. The third-order valence-corrected chi connectivity index (χ3v) is 7.33. The van der Waals surface area contributed by atoms with E-state index in [0.717, 1.165) is 34.6 Å². The molecule has 140 valence electrons. The molecule has 1 aromatic carbocycles. The number of carbonyl (C=O) groups is 1. The minimum atomic E-state index is -3.57. The van der Waals surface area contributed by atoms with Gasteiger partial charge in [-0.2, -0.15) is 0 Å². The Morgan fingerprint density at radius 3 is 2.73 bits per heavy atom. The molecule has 2 heterocycles. The van der Waals surface area contributed by atoms with E-state index in [9.17, 15) is 13.2 Å². The number of anilines is 1. The zero-order valence-corrected chi connectivity index (χ0v) is 17.0. The molecule has 0 radical (unpaired) electrons. The number of thiophene rings is 1. The lowest BCUT2D eigenvalue weighted by atomic mass is 10.1. The Bertz CT molecular complexity index is 922. The molecule has 8 heteroatoms. The van der Waals surface area contributed by atoms with Crippen molar-refractivity contribution in [3.05, 3.63) is 45.8 Å². The number of halogens is 1. The van der Waals surface area contributed by atoms with Gasteiger partial charge in [0.1, 0.15) is 4.21 Å². The van der Waals surface area contributed by atoms with Crippen LogP contribution in [0.3, 0.4) is 0 Å². The summed E-state index contributed by atoms with van der Waals surface area (Å²) in [4.78, 5) is 14.2. The number of hydrogen-bond acceptors (Lipinski definition) is 4. The SMILES string of the molecule is CC(C)CC(=O)N1CCc2cc(CNS(=O)(=O)c3ccc(Cl)s3)ccc21. The Labute approximate surface area is 163 Å². The molecule has 0 aliphatic carbocycles. The molecular formula is C18H21ClN2O3S2. The number of sulfonamides is 1. The monoisotopic (exact) mass is 412 g/mol. The fourth-order valence-electron chi connectivity index (χ4n) is 2.98. The number of fused-ring (bicyclic) bond motifs is 1. The van der Waals surface area contributed by atoms with Crippen molar-refractivity contribution in [3.8, 4) is 0 Å². The second-order valence-electron chi connectivity index (χ2n) is 6.74. The summed E-state index contributed by atoms with van der Waals surface area (Å²) in [6, 6.07) is 8.81. The average molecular weight is 413 g/mol. The smallest absolute Gasteiger partial charge is 0.250 e. The first-order chi connectivity index (χ1) is 12.3. The topological polar surface area (TPSA) is 66.5 Å². The van der Waals surface area contributed by atoms with Crippen molar-refractivity contribution in [2.24, 2.45) is 5.92 Å². The maximum absolute atomic E-state index is 12.3. The number of hydrogen-bond donors (Lipinski definition) is 1. The quantitative estimate of drug-likeness (QED) is 0.784. The molecule has 1 amide bonds. The second-order valence-corrected chi connectivity index (χ2v) is 10.4. The molecule has 0 bridgehead atoms. The normalized spacial score (nSPS) is 14.1. The number of amides is 1. The largest absolute Gasteiger partial charge is 0.312 e. The predicted molar refractivity (Wildman–Crippen MR) is 105 cm³/mol. The lowest BCUT2D eigenvalue weighted by Crippen LogP contribution is -2.29. The van der Waals surface area contributed by atoms with Gasteiger partial charge in [0.15, 0.2) is 0 Å². The number of benzene rings is 1. The molecule has 1 aromatic heterocycles. The molecule has 3 rings (SSSR count). The van der Waals surface area contributed by atoms with Gasteiger partial charge in [-0.15, -0.1) is 11.3 Å². The first-order valence-corrected chi connectivity index (χ1v) is 11.1. The molecule has 1 N–H and O–H groups in total. The Kier molecular flexibility index (Phi) is 5.72. The molecular weight excluding hydrogens is 392 g/mol. The molecule has 0 saturated heterocycles. The fraction of sp³-hybridized carbons (Fsp3) is 0.389. The second kappa shape index (κ2) is 7.68. The fourth-order valence-corrected chi connectivity index (χ4v) is 5.52. The highest BCUT2D eigenvalue weighted by Crippen LogP contribution is 2.30. The molecule has 1 aliphatic heterocycles. The van der Waals surface area contributed by atoms with Crippen LogP contribution >= 0.6 is 22.9 Å². The molecule has 0 fully saturated rings. The summed E-state index contributed by atoms with van der Waals surface area (Å²) < 4.78 is 27.8. The maximum atomic E-state index is 12.3. The highest BCUT2D eigenvalue weighted by atomic mass is 35.5. The van der Waals surface area contributed by atoms with E-state index in [1.807, 2.05) is 36.9 Å². The number of nitrogens with one attached hydrogen (secondary N) is 1. The highest BCUT2D eigenvalue weighted by Gasteiger charge is 2.25. The third kappa shape index (κ3) is 4.28. The van der Waals surface area contributed by atoms with Crippen molar-refractivity contribution in [1.29, 1.82) is 0 Å². The van der Waals surface area contributed by atoms with Gasteiger partial charge in [0.05, 0.1) is 4.34 Å². The van der Waals surface area contributed by atoms with E-state index < -0.39 is 10.0 Å². The summed E-state index contributed by atoms with van der Waals surface area (Å²) in [5, 5.41) is 0. The van der Waals surface area contributed by atoms with Crippen LogP contribution in [0.4, 0.5) is 5.69 Å². The van der Waals surface area contributed by atoms with Crippen molar-refractivity contribution >= 4 is 44.6 Å². The van der Waals surface area contributed by atoms with E-state index >= 15 is 0 Å². The van der Waals surface area contributed by atoms with E-state index in [2.05, 4.69) is 4.72 Å². The van der Waals surface area contributed by atoms with Crippen molar-refractivity contribution in [2.75, 3.05) is 11.4 Å². The number of rotatable bonds is 6.